The molecular formula is C51H36. The Labute approximate surface area is 299 Å². The molecule has 51 heavy (non-hydrogen) atoms. The van der Waals surface area contributed by atoms with Gasteiger partial charge in [0.15, 0.2) is 0 Å². The lowest BCUT2D eigenvalue weighted by Crippen LogP contribution is -2.14. The Morgan fingerprint density at radius 3 is 1.47 bits per heavy atom. The van der Waals surface area contributed by atoms with Gasteiger partial charge in [-0.3, -0.25) is 0 Å². The van der Waals surface area contributed by atoms with Crippen LogP contribution in [0.4, 0.5) is 0 Å². The SMILES string of the molecule is CC1(C)c2ccccc2-c2ccc(-c3c4ccccc4c(-c4ccc5cc(-c6ccccc6)ccc5c4)c4ccc(-c5ccccc5)cc34)cc21. The molecule has 240 valence electrons. The first-order chi connectivity index (χ1) is 25.0. The molecule has 0 bridgehead atoms. The highest BCUT2D eigenvalue weighted by molar-refractivity contribution is 6.22. The minimum Gasteiger partial charge on any atom is -0.0622 e. The van der Waals surface area contributed by atoms with E-state index in [-0.39, 0.29) is 5.41 Å². The maximum absolute atomic E-state index is 2.48. The van der Waals surface area contributed by atoms with E-state index in [0.717, 1.165) is 0 Å². The topological polar surface area (TPSA) is 0 Å². The molecule has 0 unspecified atom stereocenters. The van der Waals surface area contributed by atoms with Gasteiger partial charge in [0.2, 0.25) is 0 Å². The van der Waals surface area contributed by atoms with E-state index in [2.05, 4.69) is 196 Å². The summed E-state index contributed by atoms with van der Waals surface area (Å²) in [5.41, 5.74) is 15.4. The van der Waals surface area contributed by atoms with Crippen molar-refractivity contribution in [1.29, 1.82) is 0 Å². The number of hydrogen-bond acceptors (Lipinski definition) is 0. The van der Waals surface area contributed by atoms with Crippen molar-refractivity contribution in [3.05, 3.63) is 193 Å². The van der Waals surface area contributed by atoms with Crippen molar-refractivity contribution in [3.8, 4) is 55.6 Å². The zero-order valence-corrected chi connectivity index (χ0v) is 28.8. The van der Waals surface area contributed by atoms with Gasteiger partial charge in [0, 0.05) is 5.41 Å². The summed E-state index contributed by atoms with van der Waals surface area (Å²) in [6.07, 6.45) is 0. The van der Waals surface area contributed by atoms with Crippen LogP contribution < -0.4 is 0 Å². The normalized spacial score (nSPS) is 13.1. The second kappa shape index (κ2) is 11.4. The molecule has 0 atom stereocenters. The Bertz CT molecular complexity index is 2800. The lowest BCUT2D eigenvalue weighted by atomic mass is 9.80. The van der Waals surface area contributed by atoms with Crippen LogP contribution in [0.3, 0.4) is 0 Å². The molecule has 0 aromatic heterocycles. The third-order valence-electron chi connectivity index (χ3n) is 11.2. The van der Waals surface area contributed by atoms with Crippen molar-refractivity contribution in [2.24, 2.45) is 0 Å². The molecule has 0 amide bonds. The molecule has 1 aliphatic carbocycles. The Balaban J connectivity index is 1.24. The predicted octanol–water partition coefficient (Wildman–Crippen LogP) is 14.1. The van der Waals surface area contributed by atoms with Crippen LogP contribution in [0, 0.1) is 0 Å². The number of benzene rings is 9. The van der Waals surface area contributed by atoms with Crippen molar-refractivity contribution < 1.29 is 0 Å². The Morgan fingerprint density at radius 2 is 0.765 bits per heavy atom. The molecule has 9 aromatic rings. The maximum atomic E-state index is 2.48. The van der Waals surface area contributed by atoms with E-state index < -0.39 is 0 Å². The van der Waals surface area contributed by atoms with Gasteiger partial charge in [-0.05, 0) is 123 Å². The summed E-state index contributed by atoms with van der Waals surface area (Å²) in [4.78, 5) is 0. The Morgan fingerprint density at radius 1 is 0.294 bits per heavy atom. The fraction of sp³-hybridized carbons (Fsp3) is 0.0588. The monoisotopic (exact) mass is 648 g/mol. The molecular weight excluding hydrogens is 613 g/mol. The van der Waals surface area contributed by atoms with E-state index in [1.165, 1.54) is 99.1 Å². The third kappa shape index (κ3) is 4.68. The molecule has 0 fully saturated rings. The van der Waals surface area contributed by atoms with Gasteiger partial charge in [-0.25, -0.2) is 0 Å². The van der Waals surface area contributed by atoms with E-state index in [9.17, 15) is 0 Å². The van der Waals surface area contributed by atoms with Gasteiger partial charge in [0.1, 0.15) is 0 Å². The maximum Gasteiger partial charge on any atom is 0.0159 e. The van der Waals surface area contributed by atoms with E-state index in [1.54, 1.807) is 0 Å². The summed E-state index contributed by atoms with van der Waals surface area (Å²) in [7, 11) is 0. The van der Waals surface area contributed by atoms with Crippen molar-refractivity contribution >= 4 is 32.3 Å². The van der Waals surface area contributed by atoms with Gasteiger partial charge in [0.05, 0.1) is 0 Å². The Kier molecular flexibility index (Phi) is 6.63. The van der Waals surface area contributed by atoms with Crippen molar-refractivity contribution in [2.45, 2.75) is 19.3 Å². The first-order valence-electron chi connectivity index (χ1n) is 17.9. The first kappa shape index (κ1) is 29.7. The molecule has 10 rings (SSSR count). The quantitative estimate of drug-likeness (QED) is 0.167. The molecule has 0 nitrogen and oxygen atoms in total. The predicted molar refractivity (Wildman–Crippen MR) is 218 cm³/mol. The lowest BCUT2D eigenvalue weighted by Gasteiger charge is -2.23. The van der Waals surface area contributed by atoms with E-state index in [1.807, 2.05) is 0 Å². The second-order valence-electron chi connectivity index (χ2n) is 14.5. The largest absolute Gasteiger partial charge is 0.0622 e. The number of rotatable bonds is 4. The molecule has 0 aliphatic heterocycles. The third-order valence-corrected chi connectivity index (χ3v) is 11.2. The zero-order valence-electron chi connectivity index (χ0n) is 28.8. The smallest absolute Gasteiger partial charge is 0.0159 e. The van der Waals surface area contributed by atoms with Crippen LogP contribution in [0.5, 0.6) is 0 Å². The second-order valence-corrected chi connectivity index (χ2v) is 14.5. The van der Waals surface area contributed by atoms with E-state index in [4.69, 9.17) is 0 Å². The number of hydrogen-bond donors (Lipinski definition) is 0. The first-order valence-corrected chi connectivity index (χ1v) is 17.9. The van der Waals surface area contributed by atoms with Crippen LogP contribution in [0.1, 0.15) is 25.0 Å². The van der Waals surface area contributed by atoms with Gasteiger partial charge in [0.25, 0.3) is 0 Å². The lowest BCUT2D eigenvalue weighted by molar-refractivity contribution is 0.660. The van der Waals surface area contributed by atoms with Gasteiger partial charge in [-0.1, -0.05) is 172 Å². The molecule has 0 heterocycles. The van der Waals surface area contributed by atoms with Gasteiger partial charge >= 0.3 is 0 Å². The highest BCUT2D eigenvalue weighted by Gasteiger charge is 2.35. The van der Waals surface area contributed by atoms with Crippen LogP contribution >= 0.6 is 0 Å². The summed E-state index contributed by atoms with van der Waals surface area (Å²) >= 11 is 0. The Hall–Kier alpha value is -6.24. The summed E-state index contributed by atoms with van der Waals surface area (Å²) in [5, 5.41) is 7.59. The molecule has 0 saturated heterocycles. The molecule has 9 aromatic carbocycles. The van der Waals surface area contributed by atoms with Crippen LogP contribution in [-0.2, 0) is 5.41 Å². The summed E-state index contributed by atoms with van der Waals surface area (Å²) < 4.78 is 0. The van der Waals surface area contributed by atoms with E-state index in [0.29, 0.717) is 0 Å². The van der Waals surface area contributed by atoms with Gasteiger partial charge in [-0.2, -0.15) is 0 Å². The average Bonchev–Trinajstić information content (AvgIpc) is 3.42. The van der Waals surface area contributed by atoms with E-state index >= 15 is 0 Å². The highest BCUT2D eigenvalue weighted by Crippen LogP contribution is 2.51. The summed E-state index contributed by atoms with van der Waals surface area (Å²) in [6.45, 7) is 4.74. The van der Waals surface area contributed by atoms with Gasteiger partial charge < -0.3 is 0 Å². The molecule has 1 aliphatic rings. The average molecular weight is 649 g/mol. The fourth-order valence-electron chi connectivity index (χ4n) is 8.68. The van der Waals surface area contributed by atoms with Crippen molar-refractivity contribution in [1.82, 2.24) is 0 Å². The number of fused-ring (bicyclic) bond motifs is 6. The van der Waals surface area contributed by atoms with Crippen LogP contribution in [0.15, 0.2) is 182 Å². The molecule has 0 radical (unpaired) electrons. The van der Waals surface area contributed by atoms with Crippen molar-refractivity contribution in [3.63, 3.8) is 0 Å². The summed E-state index contributed by atoms with van der Waals surface area (Å²) in [5.74, 6) is 0. The molecule has 0 saturated carbocycles. The fourth-order valence-corrected chi connectivity index (χ4v) is 8.68. The summed E-state index contributed by atoms with van der Waals surface area (Å²) in [6, 6.07) is 67.5. The zero-order chi connectivity index (χ0) is 34.1. The van der Waals surface area contributed by atoms with Gasteiger partial charge in [-0.15, -0.1) is 0 Å². The minimum atomic E-state index is -0.0752. The minimum absolute atomic E-state index is 0.0752. The standard InChI is InChI=1S/C51H36/c1-51(2)47-20-12-11-17-41(47)42-27-26-40(32-48(42)51)50-44-19-10-9-18-43(44)49(45-28-25-38(31-46(45)50)34-15-7-4-8-16-34)39-24-23-36-29-35(21-22-37(36)30-39)33-13-5-3-6-14-33/h3-32H,1-2H3. The van der Waals surface area contributed by atoms with Crippen LogP contribution in [-0.4, -0.2) is 0 Å². The molecule has 0 N–H and O–H groups in total. The highest BCUT2D eigenvalue weighted by atomic mass is 14.4. The van der Waals surface area contributed by atoms with Crippen molar-refractivity contribution in [2.75, 3.05) is 0 Å². The molecule has 0 heteroatoms. The molecule has 0 spiro atoms. The van der Waals surface area contributed by atoms with Crippen LogP contribution in [0.25, 0.3) is 88.0 Å². The van der Waals surface area contributed by atoms with Crippen LogP contribution in [0.2, 0.25) is 0 Å².